The second kappa shape index (κ2) is 4.70. The van der Waals surface area contributed by atoms with Gasteiger partial charge in [0.25, 0.3) is 6.02 Å². The number of rotatable bonds is 2. The Kier molecular flexibility index (Phi) is 3.09. The first kappa shape index (κ1) is 13.8. The highest BCUT2D eigenvalue weighted by atomic mass is 19.1. The number of fused-ring (bicyclic) bond motifs is 1. The number of carbonyl (C=O) groups excluding carboxylic acids is 1. The zero-order valence-corrected chi connectivity index (χ0v) is 11.5. The number of hydrogen-bond acceptors (Lipinski definition) is 5. The number of benzene rings is 1. The van der Waals surface area contributed by atoms with Crippen molar-refractivity contribution in [1.29, 1.82) is 0 Å². The van der Waals surface area contributed by atoms with Crippen molar-refractivity contribution in [3.63, 3.8) is 0 Å². The van der Waals surface area contributed by atoms with Crippen molar-refractivity contribution in [3.8, 4) is 0 Å². The van der Waals surface area contributed by atoms with Crippen LogP contribution < -0.4 is 11.5 Å². The van der Waals surface area contributed by atoms with Gasteiger partial charge < -0.3 is 20.9 Å². The van der Waals surface area contributed by atoms with E-state index in [0.29, 0.717) is 13.2 Å². The van der Waals surface area contributed by atoms with Crippen LogP contribution in [0.15, 0.2) is 23.2 Å². The van der Waals surface area contributed by atoms with Gasteiger partial charge in [-0.2, -0.15) is 0 Å². The molecule has 0 unspecified atom stereocenters. The van der Waals surface area contributed by atoms with Gasteiger partial charge in [0.15, 0.2) is 0 Å². The van der Waals surface area contributed by atoms with E-state index in [1.54, 1.807) is 6.92 Å². The van der Waals surface area contributed by atoms with E-state index >= 15 is 0 Å². The molecule has 3 rings (SSSR count). The lowest BCUT2D eigenvalue weighted by molar-refractivity contribution is 0.0817. The number of carbonyl (C=O) groups is 1. The largest absolute Gasteiger partial charge is 0.459 e. The molecular weight excluding hydrogens is 277 g/mol. The van der Waals surface area contributed by atoms with Crippen LogP contribution in [0.1, 0.15) is 22.8 Å². The maximum atomic E-state index is 14.3. The van der Waals surface area contributed by atoms with E-state index in [1.807, 2.05) is 0 Å². The molecule has 21 heavy (non-hydrogen) atoms. The number of primary amides is 1. The maximum absolute atomic E-state index is 14.3. The van der Waals surface area contributed by atoms with Gasteiger partial charge >= 0.3 is 0 Å². The molecule has 112 valence electrons. The van der Waals surface area contributed by atoms with Crippen LogP contribution in [0.25, 0.3) is 0 Å². The van der Waals surface area contributed by atoms with Crippen molar-refractivity contribution >= 4 is 11.9 Å². The molecule has 1 saturated heterocycles. The minimum Gasteiger partial charge on any atom is -0.459 e. The third-order valence-electron chi connectivity index (χ3n) is 4.16. The molecule has 1 aromatic carbocycles. The summed E-state index contributed by atoms with van der Waals surface area (Å²) in [5.41, 5.74) is 10.5. The Labute approximate surface area is 120 Å². The summed E-state index contributed by atoms with van der Waals surface area (Å²) in [4.78, 5) is 15.6. The Morgan fingerprint density at radius 3 is 2.95 bits per heavy atom. The monoisotopic (exact) mass is 293 g/mol. The highest BCUT2D eigenvalue weighted by Crippen LogP contribution is 2.43. The Hall–Kier alpha value is -2.15. The van der Waals surface area contributed by atoms with Gasteiger partial charge in [0.2, 0.25) is 5.91 Å². The van der Waals surface area contributed by atoms with Crippen LogP contribution in [0.3, 0.4) is 0 Å². The van der Waals surface area contributed by atoms with Crippen molar-refractivity contribution in [3.05, 3.63) is 35.1 Å². The fourth-order valence-corrected chi connectivity index (χ4v) is 2.99. The van der Waals surface area contributed by atoms with E-state index in [2.05, 4.69) is 4.99 Å². The number of nitrogens with two attached hydrogens (primary N) is 2. The fourth-order valence-electron chi connectivity index (χ4n) is 2.99. The molecule has 1 fully saturated rings. The summed E-state index contributed by atoms with van der Waals surface area (Å²) in [7, 11) is 0. The van der Waals surface area contributed by atoms with Crippen LogP contribution in [-0.2, 0) is 15.0 Å². The Balaban J connectivity index is 2.14. The van der Waals surface area contributed by atoms with Gasteiger partial charge in [-0.3, -0.25) is 4.79 Å². The lowest BCUT2D eigenvalue weighted by Crippen LogP contribution is -2.47. The Morgan fingerprint density at radius 2 is 2.24 bits per heavy atom. The summed E-state index contributed by atoms with van der Waals surface area (Å²) in [5.74, 6) is -1.27. The molecule has 0 saturated carbocycles. The molecule has 0 bridgehead atoms. The predicted octanol–water partition coefficient (Wildman–Crippen LogP) is 0.500. The quantitative estimate of drug-likeness (QED) is 0.829. The molecule has 2 heterocycles. The topological polar surface area (TPSA) is 99.9 Å². The van der Waals surface area contributed by atoms with Gasteiger partial charge in [-0.1, -0.05) is 0 Å². The minimum atomic E-state index is -0.959. The zero-order chi connectivity index (χ0) is 15.2. The van der Waals surface area contributed by atoms with Crippen LogP contribution in [0.4, 0.5) is 4.39 Å². The smallest absolute Gasteiger partial charge is 0.283 e. The summed E-state index contributed by atoms with van der Waals surface area (Å²) in [6, 6.07) is 3.98. The first-order valence-corrected chi connectivity index (χ1v) is 6.61. The van der Waals surface area contributed by atoms with Crippen molar-refractivity contribution in [2.24, 2.45) is 22.4 Å². The average Bonchev–Trinajstić information content (AvgIpc) is 2.87. The summed E-state index contributed by atoms with van der Waals surface area (Å²) in [6.45, 7) is 2.53. The van der Waals surface area contributed by atoms with Gasteiger partial charge in [-0.05, 0) is 25.1 Å². The Bertz CT molecular complexity index is 634. The predicted molar refractivity (Wildman–Crippen MR) is 73.1 cm³/mol. The summed E-state index contributed by atoms with van der Waals surface area (Å²) < 4.78 is 25.1. The second-order valence-corrected chi connectivity index (χ2v) is 5.46. The van der Waals surface area contributed by atoms with Crippen molar-refractivity contribution in [2.45, 2.75) is 18.6 Å². The van der Waals surface area contributed by atoms with Gasteiger partial charge in [0, 0.05) is 11.1 Å². The molecule has 0 aliphatic carbocycles. The molecule has 4 N–H and O–H groups in total. The fraction of sp³-hybridized carbons (Fsp3) is 0.429. The molecule has 2 aliphatic heterocycles. The van der Waals surface area contributed by atoms with Crippen LogP contribution in [0.5, 0.6) is 0 Å². The first-order valence-electron chi connectivity index (χ1n) is 6.61. The molecule has 3 atom stereocenters. The molecule has 6 nitrogen and oxygen atoms in total. The van der Waals surface area contributed by atoms with Crippen molar-refractivity contribution in [1.82, 2.24) is 0 Å². The third kappa shape index (κ3) is 2.13. The van der Waals surface area contributed by atoms with Gasteiger partial charge in [0.05, 0.1) is 24.7 Å². The van der Waals surface area contributed by atoms with E-state index in [1.165, 1.54) is 18.2 Å². The number of nitrogens with zero attached hydrogens (tertiary/aromatic N) is 1. The maximum Gasteiger partial charge on any atom is 0.283 e. The van der Waals surface area contributed by atoms with E-state index in [9.17, 15) is 9.18 Å². The lowest BCUT2D eigenvalue weighted by atomic mass is 9.77. The van der Waals surface area contributed by atoms with Crippen LogP contribution in [0, 0.1) is 11.7 Å². The molecule has 0 radical (unpaired) electrons. The van der Waals surface area contributed by atoms with Gasteiger partial charge in [-0.25, -0.2) is 9.38 Å². The van der Waals surface area contributed by atoms with Crippen LogP contribution in [-0.4, -0.2) is 31.2 Å². The lowest BCUT2D eigenvalue weighted by Gasteiger charge is -2.38. The molecular formula is C14H16FN3O3. The zero-order valence-electron chi connectivity index (χ0n) is 11.5. The Morgan fingerprint density at radius 1 is 1.48 bits per heavy atom. The highest BCUT2D eigenvalue weighted by Gasteiger charge is 2.50. The molecule has 1 aromatic rings. The second-order valence-electron chi connectivity index (χ2n) is 5.46. The number of aliphatic imine (C=N–C) groups is 1. The SMILES string of the molecule is C[C@@]1(c2cc(C(N)=O)ccc2F)N=C(N)O[C@@H]2COC[C@@H]21. The standard InChI is InChI=1S/C14H16FN3O3/c1-14(8-4-7(12(16)19)2-3-10(8)15)9-5-20-6-11(9)21-13(17)18-14/h2-4,9,11H,5-6H2,1H3,(H2,16,19)(H2,17,18)/t9-,11+,14-/m0/s1. The average molecular weight is 293 g/mol. The molecule has 1 amide bonds. The molecule has 2 aliphatic rings. The van der Waals surface area contributed by atoms with Gasteiger partial charge in [-0.15, -0.1) is 0 Å². The van der Waals surface area contributed by atoms with Crippen LogP contribution in [0.2, 0.25) is 0 Å². The number of hydrogen-bond donors (Lipinski definition) is 2. The number of ether oxygens (including phenoxy) is 2. The number of halogens is 1. The first-order chi connectivity index (χ1) is 9.91. The molecule has 0 spiro atoms. The summed E-state index contributed by atoms with van der Waals surface area (Å²) in [5, 5.41) is 0. The minimum absolute atomic E-state index is 0.00636. The van der Waals surface area contributed by atoms with Crippen LogP contribution >= 0.6 is 0 Å². The highest BCUT2D eigenvalue weighted by molar-refractivity contribution is 5.93. The van der Waals surface area contributed by atoms with Gasteiger partial charge in [0.1, 0.15) is 11.9 Å². The molecule has 0 aromatic heterocycles. The number of amides is 1. The number of amidine groups is 1. The summed E-state index contributed by atoms with van der Waals surface area (Å²) >= 11 is 0. The van der Waals surface area contributed by atoms with E-state index in [-0.39, 0.29) is 29.2 Å². The third-order valence-corrected chi connectivity index (χ3v) is 4.16. The van der Waals surface area contributed by atoms with E-state index in [0.717, 1.165) is 0 Å². The summed E-state index contributed by atoms with van der Waals surface area (Å²) in [6.07, 6.45) is -0.274. The van der Waals surface area contributed by atoms with E-state index < -0.39 is 17.3 Å². The van der Waals surface area contributed by atoms with Crippen molar-refractivity contribution < 1.29 is 18.7 Å². The van der Waals surface area contributed by atoms with Crippen molar-refractivity contribution in [2.75, 3.05) is 13.2 Å². The normalized spacial score (nSPS) is 31.2. The molecule has 7 heteroatoms. The van der Waals surface area contributed by atoms with E-state index in [4.69, 9.17) is 20.9 Å².